The van der Waals surface area contributed by atoms with Gasteiger partial charge in [-0.05, 0) is 28.9 Å². The second-order valence-electron chi connectivity index (χ2n) is 2.99. The smallest absolute Gasteiger partial charge is 0.382 e. The second-order valence-corrected chi connectivity index (χ2v) is 4.20. The number of carbonyl (C=O) groups is 1. The van der Waals surface area contributed by atoms with E-state index >= 15 is 0 Å². The highest BCUT2D eigenvalue weighted by Gasteiger charge is 2.45. The molecule has 8 heteroatoms. The van der Waals surface area contributed by atoms with Crippen molar-refractivity contribution in [3.63, 3.8) is 0 Å². The van der Waals surface area contributed by atoms with Crippen LogP contribution < -0.4 is 5.73 Å². The number of hydrogen-bond acceptors (Lipinski definition) is 4. The number of carbonyl (C=O) groups excluding carboxylic acids is 1. The Kier molecular flexibility index (Phi) is 4.26. The van der Waals surface area contributed by atoms with E-state index in [-0.39, 0.29) is 16.2 Å². The summed E-state index contributed by atoms with van der Waals surface area (Å²) in [4.78, 5) is 14.6. The zero-order chi connectivity index (χ0) is 13.2. The Balaban J connectivity index is 3.23. The van der Waals surface area contributed by atoms with Gasteiger partial charge in [0.2, 0.25) is 0 Å². The predicted octanol–water partition coefficient (Wildman–Crippen LogP) is 2.73. The van der Waals surface area contributed by atoms with Crippen LogP contribution >= 0.6 is 27.5 Å². The lowest BCUT2D eigenvalue weighted by atomic mass is 10.1. The highest BCUT2D eigenvalue weighted by atomic mass is 79.9. The van der Waals surface area contributed by atoms with Crippen molar-refractivity contribution in [3.05, 3.63) is 21.3 Å². The van der Waals surface area contributed by atoms with Crippen LogP contribution in [0.15, 0.2) is 10.5 Å². The maximum absolute atomic E-state index is 13.7. The number of rotatable bonds is 3. The van der Waals surface area contributed by atoms with Crippen LogP contribution in [0.25, 0.3) is 0 Å². The molecule has 1 rings (SSSR count). The van der Waals surface area contributed by atoms with Crippen LogP contribution in [0.4, 0.5) is 14.6 Å². The number of anilines is 1. The van der Waals surface area contributed by atoms with Crippen LogP contribution in [0.5, 0.6) is 0 Å². The van der Waals surface area contributed by atoms with Gasteiger partial charge in [0.1, 0.15) is 11.0 Å². The molecule has 1 aromatic heterocycles. The highest BCUT2D eigenvalue weighted by molar-refractivity contribution is 9.10. The van der Waals surface area contributed by atoms with E-state index in [4.69, 9.17) is 17.3 Å². The summed E-state index contributed by atoms with van der Waals surface area (Å²) in [5.74, 6) is -6.06. The number of nitrogen functional groups attached to an aromatic ring is 1. The highest BCUT2D eigenvalue weighted by Crippen LogP contribution is 2.36. The normalized spacial score (nSPS) is 11.4. The van der Waals surface area contributed by atoms with Gasteiger partial charge in [-0.25, -0.2) is 9.78 Å². The number of pyridine rings is 1. The van der Waals surface area contributed by atoms with Crippen LogP contribution in [0, 0.1) is 0 Å². The number of nitrogens with two attached hydrogens (primary N) is 1. The number of aromatic nitrogens is 1. The maximum Gasteiger partial charge on any atom is 0.382 e. The minimum Gasteiger partial charge on any atom is -0.461 e. The van der Waals surface area contributed by atoms with Gasteiger partial charge in [0.25, 0.3) is 0 Å². The first-order valence-electron chi connectivity index (χ1n) is 4.47. The van der Waals surface area contributed by atoms with Crippen LogP contribution in [-0.4, -0.2) is 17.6 Å². The molecule has 0 bridgehead atoms. The Morgan fingerprint density at radius 2 is 2.29 bits per heavy atom. The van der Waals surface area contributed by atoms with E-state index in [1.54, 1.807) is 0 Å². The summed E-state index contributed by atoms with van der Waals surface area (Å²) >= 11 is 8.50. The Bertz CT molecular complexity index is 457. The molecule has 0 saturated carbocycles. The number of ether oxygens (including phenoxy) is 1. The number of hydrogen-bond donors (Lipinski definition) is 1. The minimum atomic E-state index is -3.86. The van der Waals surface area contributed by atoms with Crippen molar-refractivity contribution >= 4 is 39.3 Å². The van der Waals surface area contributed by atoms with Gasteiger partial charge in [-0.3, -0.25) is 0 Å². The molecule has 17 heavy (non-hydrogen) atoms. The number of nitrogens with zero attached hydrogens (tertiary/aromatic N) is 1. The summed E-state index contributed by atoms with van der Waals surface area (Å²) in [6.07, 6.45) is 0. The van der Waals surface area contributed by atoms with E-state index in [9.17, 15) is 13.6 Å². The third kappa shape index (κ3) is 2.84. The van der Waals surface area contributed by atoms with Crippen molar-refractivity contribution in [1.82, 2.24) is 4.98 Å². The van der Waals surface area contributed by atoms with Crippen LogP contribution in [0.2, 0.25) is 5.15 Å². The topological polar surface area (TPSA) is 65.2 Å². The maximum atomic E-state index is 13.7. The van der Waals surface area contributed by atoms with Crippen LogP contribution in [-0.2, 0) is 15.5 Å². The molecule has 0 fully saturated rings. The molecule has 4 nitrogen and oxygen atoms in total. The number of alkyl halides is 2. The van der Waals surface area contributed by atoms with E-state index in [0.717, 1.165) is 6.07 Å². The van der Waals surface area contributed by atoms with Crippen molar-refractivity contribution in [2.24, 2.45) is 0 Å². The van der Waals surface area contributed by atoms with Gasteiger partial charge < -0.3 is 10.5 Å². The third-order valence-electron chi connectivity index (χ3n) is 1.83. The van der Waals surface area contributed by atoms with Crippen molar-refractivity contribution in [3.8, 4) is 0 Å². The molecule has 0 aliphatic carbocycles. The standard InChI is InChI=1S/C9H8BrClF2N2O2/c1-2-17-8(16)9(12,13)4-3-5(10)6(11)15-7(4)14/h3H,2H2,1H3,(H2,14,15). The molecule has 0 radical (unpaired) electrons. The lowest BCUT2D eigenvalue weighted by Crippen LogP contribution is -2.29. The molecule has 0 spiro atoms. The molecular weight excluding hydrogens is 321 g/mol. The van der Waals surface area contributed by atoms with E-state index in [1.807, 2.05) is 0 Å². The first-order valence-corrected chi connectivity index (χ1v) is 5.64. The van der Waals surface area contributed by atoms with Gasteiger partial charge in [0, 0.05) is 0 Å². The molecule has 94 valence electrons. The van der Waals surface area contributed by atoms with E-state index in [2.05, 4.69) is 25.7 Å². The van der Waals surface area contributed by atoms with Gasteiger partial charge in [-0.2, -0.15) is 8.78 Å². The lowest BCUT2D eigenvalue weighted by molar-refractivity contribution is -0.173. The van der Waals surface area contributed by atoms with E-state index in [0.29, 0.717) is 0 Å². The molecule has 0 aliphatic heterocycles. The molecule has 1 heterocycles. The van der Waals surface area contributed by atoms with Crippen molar-refractivity contribution in [2.45, 2.75) is 12.8 Å². The fourth-order valence-corrected chi connectivity index (χ4v) is 1.53. The molecule has 1 aromatic rings. The SMILES string of the molecule is CCOC(=O)C(F)(F)c1cc(Br)c(Cl)nc1N. The third-order valence-corrected chi connectivity index (χ3v) is 2.95. The second kappa shape index (κ2) is 5.14. The summed E-state index contributed by atoms with van der Waals surface area (Å²) in [5, 5.41) is -0.0640. The van der Waals surface area contributed by atoms with Gasteiger partial charge in [-0.1, -0.05) is 11.6 Å². The van der Waals surface area contributed by atoms with Gasteiger partial charge in [0.15, 0.2) is 0 Å². The fourth-order valence-electron chi connectivity index (χ4n) is 1.06. The zero-order valence-corrected chi connectivity index (χ0v) is 11.0. The van der Waals surface area contributed by atoms with Crippen molar-refractivity contribution in [1.29, 1.82) is 0 Å². The summed E-state index contributed by atoms with van der Waals surface area (Å²) in [5.41, 5.74) is 4.56. The average molecular weight is 330 g/mol. The molecule has 0 aliphatic rings. The minimum absolute atomic E-state index is 0.0640. The lowest BCUT2D eigenvalue weighted by Gasteiger charge is -2.16. The Labute approximate surface area is 109 Å². The molecule has 2 N–H and O–H groups in total. The predicted molar refractivity (Wildman–Crippen MR) is 61.9 cm³/mol. The van der Waals surface area contributed by atoms with Gasteiger partial charge >= 0.3 is 11.9 Å². The quantitative estimate of drug-likeness (QED) is 0.684. The molecule has 0 aromatic carbocycles. The molecule has 0 saturated heterocycles. The number of halogens is 4. The summed E-state index contributed by atoms with van der Waals surface area (Å²) in [7, 11) is 0. The Hall–Kier alpha value is -0.950. The molecule has 0 amide bonds. The molecular formula is C9H8BrClF2N2O2. The van der Waals surface area contributed by atoms with Crippen molar-refractivity contribution < 1.29 is 18.3 Å². The first kappa shape index (κ1) is 14.1. The molecule has 0 unspecified atom stereocenters. The van der Waals surface area contributed by atoms with Crippen LogP contribution in [0.1, 0.15) is 12.5 Å². The van der Waals surface area contributed by atoms with E-state index < -0.39 is 23.3 Å². The average Bonchev–Trinajstić information content (AvgIpc) is 2.23. The van der Waals surface area contributed by atoms with Gasteiger partial charge in [-0.15, -0.1) is 0 Å². The Morgan fingerprint density at radius 1 is 1.71 bits per heavy atom. The summed E-state index contributed by atoms with van der Waals surface area (Å²) < 4.78 is 31.7. The summed E-state index contributed by atoms with van der Waals surface area (Å²) in [6.45, 7) is 1.27. The molecule has 0 atom stereocenters. The van der Waals surface area contributed by atoms with Crippen molar-refractivity contribution in [2.75, 3.05) is 12.3 Å². The zero-order valence-electron chi connectivity index (χ0n) is 8.64. The number of esters is 1. The van der Waals surface area contributed by atoms with Gasteiger partial charge in [0.05, 0.1) is 16.6 Å². The van der Waals surface area contributed by atoms with Crippen LogP contribution in [0.3, 0.4) is 0 Å². The first-order chi connectivity index (χ1) is 7.80. The summed E-state index contributed by atoms with van der Waals surface area (Å²) in [6, 6.07) is 0.946. The Morgan fingerprint density at radius 3 is 2.82 bits per heavy atom. The van der Waals surface area contributed by atoms with E-state index in [1.165, 1.54) is 6.92 Å². The fraction of sp³-hybridized carbons (Fsp3) is 0.333. The largest absolute Gasteiger partial charge is 0.461 e. The monoisotopic (exact) mass is 328 g/mol.